The number of benzene rings is 2. The summed E-state index contributed by atoms with van der Waals surface area (Å²) in [5.74, 6) is 0.477. The lowest BCUT2D eigenvalue weighted by atomic mass is 10.2. The molecule has 29 heavy (non-hydrogen) atoms. The van der Waals surface area contributed by atoms with Gasteiger partial charge in [0.25, 0.3) is 0 Å². The van der Waals surface area contributed by atoms with E-state index in [1.807, 2.05) is 48.5 Å². The van der Waals surface area contributed by atoms with Crippen LogP contribution < -0.4 is 19.9 Å². The average Bonchev–Trinajstić information content (AvgIpc) is 2.73. The van der Waals surface area contributed by atoms with Crippen LogP contribution in [0.4, 0.5) is 17.1 Å². The summed E-state index contributed by atoms with van der Waals surface area (Å²) < 4.78 is 5.58. The van der Waals surface area contributed by atoms with Crippen molar-refractivity contribution in [3.05, 3.63) is 48.5 Å². The van der Waals surface area contributed by atoms with E-state index in [9.17, 15) is 9.59 Å². The average molecular weight is 396 g/mol. The summed E-state index contributed by atoms with van der Waals surface area (Å²) in [5, 5.41) is 2.88. The second-order valence-corrected chi connectivity index (χ2v) is 7.34. The van der Waals surface area contributed by atoms with Crippen LogP contribution in [0.25, 0.3) is 0 Å². The van der Waals surface area contributed by atoms with Crippen molar-refractivity contribution < 1.29 is 14.3 Å². The molecule has 2 amide bonds. The summed E-state index contributed by atoms with van der Waals surface area (Å²) in [7, 11) is 0. The highest BCUT2D eigenvalue weighted by molar-refractivity contribution is 5.99. The first kappa shape index (κ1) is 20.7. The maximum Gasteiger partial charge on any atom is 0.227 e. The van der Waals surface area contributed by atoms with Crippen LogP contribution in [0.1, 0.15) is 33.6 Å². The molecule has 0 unspecified atom stereocenters. The first-order valence-electron chi connectivity index (χ1n) is 10.2. The van der Waals surface area contributed by atoms with Crippen molar-refractivity contribution in [2.45, 2.75) is 39.7 Å². The largest absolute Gasteiger partial charge is 0.490 e. The van der Waals surface area contributed by atoms with E-state index in [-0.39, 0.29) is 24.7 Å². The number of hydrogen-bond acceptors (Lipinski definition) is 4. The Morgan fingerprint density at radius 1 is 1.10 bits per heavy atom. The van der Waals surface area contributed by atoms with Gasteiger partial charge in [-0.1, -0.05) is 12.1 Å². The SMILES string of the molecule is CCN(c1ccc(NC(=O)CCC(=O)N2CCOc3ccccc32)cc1)C(C)C. The number of amides is 2. The second kappa shape index (κ2) is 9.45. The quantitative estimate of drug-likeness (QED) is 0.768. The van der Waals surface area contributed by atoms with Gasteiger partial charge >= 0.3 is 0 Å². The Bertz CT molecular complexity index is 849. The van der Waals surface area contributed by atoms with Crippen LogP contribution in [0.5, 0.6) is 5.75 Å². The van der Waals surface area contributed by atoms with Gasteiger partial charge in [-0.05, 0) is 57.2 Å². The van der Waals surface area contributed by atoms with Gasteiger partial charge in [-0.25, -0.2) is 0 Å². The van der Waals surface area contributed by atoms with Crippen LogP contribution in [0.3, 0.4) is 0 Å². The van der Waals surface area contributed by atoms with E-state index in [1.54, 1.807) is 4.90 Å². The standard InChI is InChI=1S/C23H29N3O3/c1-4-25(17(2)3)19-11-9-18(10-12-19)24-22(27)13-14-23(28)26-15-16-29-21-8-6-5-7-20(21)26/h5-12,17H,4,13-16H2,1-3H3,(H,24,27). The van der Waals surface area contributed by atoms with Gasteiger partial charge in [0.2, 0.25) is 11.8 Å². The third-order valence-electron chi connectivity index (χ3n) is 5.04. The lowest BCUT2D eigenvalue weighted by Crippen LogP contribution is -2.38. The van der Waals surface area contributed by atoms with Crippen LogP contribution in [-0.4, -0.2) is 37.6 Å². The number of nitrogens with zero attached hydrogens (tertiary/aromatic N) is 2. The number of carbonyl (C=O) groups is 2. The van der Waals surface area contributed by atoms with Crippen molar-refractivity contribution in [2.24, 2.45) is 0 Å². The van der Waals surface area contributed by atoms with E-state index in [0.29, 0.717) is 24.9 Å². The number of hydrogen-bond donors (Lipinski definition) is 1. The summed E-state index contributed by atoms with van der Waals surface area (Å²) >= 11 is 0. The first-order chi connectivity index (χ1) is 14.0. The Morgan fingerprint density at radius 3 is 2.52 bits per heavy atom. The zero-order valence-electron chi connectivity index (χ0n) is 17.4. The molecule has 6 heteroatoms. The zero-order chi connectivity index (χ0) is 20.8. The van der Waals surface area contributed by atoms with E-state index < -0.39 is 0 Å². The summed E-state index contributed by atoms with van der Waals surface area (Å²) in [4.78, 5) is 28.9. The topological polar surface area (TPSA) is 61.9 Å². The fourth-order valence-corrected chi connectivity index (χ4v) is 3.59. The molecule has 3 rings (SSSR count). The lowest BCUT2D eigenvalue weighted by Gasteiger charge is -2.29. The molecular formula is C23H29N3O3. The molecule has 6 nitrogen and oxygen atoms in total. The Hall–Kier alpha value is -3.02. The number of carbonyl (C=O) groups excluding carboxylic acids is 2. The molecule has 1 heterocycles. The van der Waals surface area contributed by atoms with Gasteiger partial charge in [-0.3, -0.25) is 9.59 Å². The third-order valence-corrected chi connectivity index (χ3v) is 5.04. The predicted molar refractivity (Wildman–Crippen MR) is 117 cm³/mol. The molecular weight excluding hydrogens is 366 g/mol. The van der Waals surface area contributed by atoms with E-state index in [0.717, 1.165) is 23.6 Å². The number of ether oxygens (including phenoxy) is 1. The monoisotopic (exact) mass is 395 g/mol. The lowest BCUT2D eigenvalue weighted by molar-refractivity contribution is -0.122. The highest BCUT2D eigenvalue weighted by Gasteiger charge is 2.23. The van der Waals surface area contributed by atoms with E-state index >= 15 is 0 Å². The molecule has 2 aromatic rings. The summed E-state index contributed by atoms with van der Waals surface area (Å²) in [6.07, 6.45) is 0.308. The van der Waals surface area contributed by atoms with Gasteiger partial charge in [-0.15, -0.1) is 0 Å². The number of anilines is 3. The van der Waals surface area contributed by atoms with Gasteiger partial charge in [0.15, 0.2) is 0 Å². The fraction of sp³-hybridized carbons (Fsp3) is 0.391. The molecule has 0 fully saturated rings. The van der Waals surface area contributed by atoms with Gasteiger partial charge in [0.1, 0.15) is 12.4 Å². The summed E-state index contributed by atoms with van der Waals surface area (Å²) in [6, 6.07) is 15.7. The van der Waals surface area contributed by atoms with Crippen molar-refractivity contribution in [1.29, 1.82) is 0 Å². The molecule has 0 atom stereocenters. The Balaban J connectivity index is 1.53. The number of rotatable bonds is 7. The van der Waals surface area contributed by atoms with Crippen LogP contribution >= 0.6 is 0 Å². The molecule has 0 bridgehead atoms. The highest BCUT2D eigenvalue weighted by atomic mass is 16.5. The Labute approximate surface area is 172 Å². The van der Waals surface area contributed by atoms with Crippen molar-refractivity contribution in [1.82, 2.24) is 0 Å². The molecule has 1 aliphatic heterocycles. The van der Waals surface area contributed by atoms with Gasteiger partial charge in [0, 0.05) is 36.8 Å². The second-order valence-electron chi connectivity index (χ2n) is 7.34. The van der Waals surface area contributed by atoms with Crippen LogP contribution in [0, 0.1) is 0 Å². The summed E-state index contributed by atoms with van der Waals surface area (Å²) in [6.45, 7) is 8.33. The molecule has 2 aromatic carbocycles. The molecule has 0 saturated heterocycles. The molecule has 0 aliphatic carbocycles. The highest BCUT2D eigenvalue weighted by Crippen LogP contribution is 2.31. The maximum atomic E-state index is 12.6. The van der Waals surface area contributed by atoms with E-state index in [1.165, 1.54) is 0 Å². The zero-order valence-corrected chi connectivity index (χ0v) is 17.4. The minimum Gasteiger partial charge on any atom is -0.490 e. The molecule has 0 saturated carbocycles. The van der Waals surface area contributed by atoms with Crippen molar-refractivity contribution >= 4 is 28.9 Å². The van der Waals surface area contributed by atoms with Crippen molar-refractivity contribution in [3.8, 4) is 5.75 Å². The Kier molecular flexibility index (Phi) is 6.75. The van der Waals surface area contributed by atoms with Crippen LogP contribution in [-0.2, 0) is 9.59 Å². The number of fused-ring (bicyclic) bond motifs is 1. The Morgan fingerprint density at radius 2 is 1.83 bits per heavy atom. The fourth-order valence-electron chi connectivity index (χ4n) is 3.59. The normalized spacial score (nSPS) is 12.9. The van der Waals surface area contributed by atoms with Crippen LogP contribution in [0.15, 0.2) is 48.5 Å². The molecule has 1 N–H and O–H groups in total. The summed E-state index contributed by atoms with van der Waals surface area (Å²) in [5.41, 5.74) is 2.63. The van der Waals surface area contributed by atoms with Crippen LogP contribution in [0.2, 0.25) is 0 Å². The predicted octanol–water partition coefficient (Wildman–Crippen LogP) is 4.07. The molecule has 0 radical (unpaired) electrons. The van der Waals surface area contributed by atoms with Gasteiger partial charge in [0.05, 0.1) is 12.2 Å². The minimum absolute atomic E-state index is 0.0678. The van der Waals surface area contributed by atoms with E-state index in [2.05, 4.69) is 31.0 Å². The smallest absolute Gasteiger partial charge is 0.227 e. The minimum atomic E-state index is -0.163. The van der Waals surface area contributed by atoms with Crippen molar-refractivity contribution in [3.63, 3.8) is 0 Å². The van der Waals surface area contributed by atoms with Gasteiger partial charge in [-0.2, -0.15) is 0 Å². The third kappa shape index (κ3) is 5.08. The molecule has 0 spiro atoms. The molecule has 154 valence electrons. The number of nitrogens with one attached hydrogen (secondary N) is 1. The van der Waals surface area contributed by atoms with E-state index in [4.69, 9.17) is 4.74 Å². The van der Waals surface area contributed by atoms with Crippen molar-refractivity contribution in [2.75, 3.05) is 34.8 Å². The molecule has 0 aromatic heterocycles. The van der Waals surface area contributed by atoms with Gasteiger partial charge < -0.3 is 19.9 Å². The number of para-hydroxylation sites is 2. The molecule has 1 aliphatic rings. The first-order valence-corrected chi connectivity index (χ1v) is 10.2. The maximum absolute atomic E-state index is 12.6.